The van der Waals surface area contributed by atoms with Crippen molar-refractivity contribution in [2.75, 3.05) is 13.2 Å². The molecular formula is C10H17NO3. The summed E-state index contributed by atoms with van der Waals surface area (Å²) in [4.78, 5) is 21.4. The van der Waals surface area contributed by atoms with Gasteiger partial charge in [0.2, 0.25) is 0 Å². The molecule has 0 aliphatic heterocycles. The van der Waals surface area contributed by atoms with Crippen molar-refractivity contribution in [3.8, 4) is 0 Å². The minimum absolute atomic E-state index is 0.350. The molecule has 4 heteroatoms. The summed E-state index contributed by atoms with van der Waals surface area (Å²) in [5.74, 6) is 0. The van der Waals surface area contributed by atoms with Gasteiger partial charge in [-0.05, 0) is 31.4 Å². The zero-order chi connectivity index (χ0) is 11.0. The van der Waals surface area contributed by atoms with E-state index in [0.717, 1.165) is 17.4 Å². The van der Waals surface area contributed by atoms with Gasteiger partial charge in [0, 0.05) is 6.54 Å². The summed E-state index contributed by atoms with van der Waals surface area (Å²) in [6.45, 7) is 6.17. The van der Waals surface area contributed by atoms with Crippen LogP contribution in [0.15, 0.2) is 11.1 Å². The Hall–Kier alpha value is -1.32. The normalized spacial score (nSPS) is 11.6. The fraction of sp³-hybridized carbons (Fsp3) is 0.600. The highest BCUT2D eigenvalue weighted by Gasteiger charge is 2.02. The first-order valence-corrected chi connectivity index (χ1v) is 4.70. The third-order valence-corrected chi connectivity index (χ3v) is 1.84. The quantitative estimate of drug-likeness (QED) is 0.541. The van der Waals surface area contributed by atoms with Crippen LogP contribution in [0.2, 0.25) is 0 Å². The van der Waals surface area contributed by atoms with Crippen molar-refractivity contribution in [3.63, 3.8) is 0 Å². The van der Waals surface area contributed by atoms with E-state index in [-0.39, 0.29) is 0 Å². The van der Waals surface area contributed by atoms with Crippen LogP contribution in [0.4, 0.5) is 4.79 Å². The van der Waals surface area contributed by atoms with Gasteiger partial charge in [-0.1, -0.05) is 6.92 Å². The van der Waals surface area contributed by atoms with Gasteiger partial charge in [-0.2, -0.15) is 0 Å². The number of hydrogen-bond acceptors (Lipinski definition) is 3. The van der Waals surface area contributed by atoms with Crippen molar-refractivity contribution in [2.45, 2.75) is 27.2 Å². The van der Waals surface area contributed by atoms with E-state index >= 15 is 0 Å². The molecule has 0 unspecified atom stereocenters. The van der Waals surface area contributed by atoms with E-state index in [1.807, 2.05) is 13.8 Å². The first-order valence-electron chi connectivity index (χ1n) is 4.70. The molecule has 0 bridgehead atoms. The van der Waals surface area contributed by atoms with Crippen molar-refractivity contribution >= 4 is 12.4 Å². The molecule has 0 heterocycles. The van der Waals surface area contributed by atoms with Gasteiger partial charge in [-0.15, -0.1) is 0 Å². The minimum Gasteiger partial charge on any atom is -0.450 e. The van der Waals surface area contributed by atoms with Gasteiger partial charge in [-0.3, -0.25) is 4.79 Å². The molecule has 0 radical (unpaired) electrons. The predicted molar refractivity (Wildman–Crippen MR) is 54.1 cm³/mol. The van der Waals surface area contributed by atoms with Crippen LogP contribution in [0, 0.1) is 0 Å². The van der Waals surface area contributed by atoms with Crippen LogP contribution in [-0.4, -0.2) is 25.5 Å². The van der Waals surface area contributed by atoms with E-state index in [4.69, 9.17) is 0 Å². The number of carbonyl (C=O) groups excluding carboxylic acids is 2. The second kappa shape index (κ2) is 7.12. The van der Waals surface area contributed by atoms with Crippen molar-refractivity contribution in [3.05, 3.63) is 11.1 Å². The molecule has 0 aromatic carbocycles. The topological polar surface area (TPSA) is 55.4 Å². The van der Waals surface area contributed by atoms with E-state index in [1.54, 1.807) is 6.92 Å². The lowest BCUT2D eigenvalue weighted by Crippen LogP contribution is -2.26. The fourth-order valence-corrected chi connectivity index (χ4v) is 0.986. The average molecular weight is 199 g/mol. The van der Waals surface area contributed by atoms with Crippen molar-refractivity contribution in [1.29, 1.82) is 0 Å². The molecule has 1 amide bonds. The van der Waals surface area contributed by atoms with Crippen LogP contribution in [0.1, 0.15) is 27.2 Å². The molecule has 0 fully saturated rings. The number of nitrogens with one attached hydrogen (secondary N) is 1. The molecule has 0 saturated carbocycles. The number of carbonyl (C=O) groups is 2. The number of aldehydes is 1. The maximum absolute atomic E-state index is 10.9. The summed E-state index contributed by atoms with van der Waals surface area (Å²) in [5, 5.41) is 2.55. The number of rotatable bonds is 5. The summed E-state index contributed by atoms with van der Waals surface area (Å²) in [7, 11) is 0. The van der Waals surface area contributed by atoms with Crippen LogP contribution < -0.4 is 5.32 Å². The van der Waals surface area contributed by atoms with E-state index in [1.165, 1.54) is 0 Å². The Balaban J connectivity index is 4.05. The molecule has 0 atom stereocenters. The highest BCUT2D eigenvalue weighted by atomic mass is 16.5. The van der Waals surface area contributed by atoms with Gasteiger partial charge in [0.05, 0.1) is 6.61 Å². The van der Waals surface area contributed by atoms with E-state index in [2.05, 4.69) is 10.1 Å². The molecule has 80 valence electrons. The van der Waals surface area contributed by atoms with Gasteiger partial charge in [0.25, 0.3) is 0 Å². The number of amides is 1. The molecule has 0 aliphatic carbocycles. The Bertz CT molecular complexity index is 234. The van der Waals surface area contributed by atoms with Crippen LogP contribution in [0.25, 0.3) is 0 Å². The first kappa shape index (κ1) is 12.7. The summed E-state index contributed by atoms with van der Waals surface area (Å²) >= 11 is 0. The monoisotopic (exact) mass is 199 g/mol. The van der Waals surface area contributed by atoms with Crippen molar-refractivity contribution in [1.82, 2.24) is 5.32 Å². The first-order chi connectivity index (χ1) is 6.65. The molecule has 4 nitrogen and oxygen atoms in total. The number of alkyl carbamates (subject to hydrolysis) is 1. The number of hydrogen-bond donors (Lipinski definition) is 1. The third kappa shape index (κ3) is 4.64. The summed E-state index contributed by atoms with van der Waals surface area (Å²) in [5.41, 5.74) is 1.59. The largest absolute Gasteiger partial charge is 0.450 e. The number of allylic oxidation sites excluding steroid dienone is 1. The van der Waals surface area contributed by atoms with Crippen molar-refractivity contribution in [2.24, 2.45) is 0 Å². The average Bonchev–Trinajstić information content (AvgIpc) is 2.17. The van der Waals surface area contributed by atoms with Gasteiger partial charge in [-0.25, -0.2) is 4.79 Å². The Morgan fingerprint density at radius 3 is 2.50 bits per heavy atom. The molecule has 0 aromatic rings. The molecule has 0 rings (SSSR count). The van der Waals surface area contributed by atoms with Crippen LogP contribution in [0.3, 0.4) is 0 Å². The highest BCUT2D eigenvalue weighted by Crippen LogP contribution is 2.03. The predicted octanol–water partition coefficient (Wildman–Crippen LogP) is 1.66. The SMILES string of the molecule is CCOC(=O)NCC(C)=C(C=O)CC. The Kier molecular flexibility index (Phi) is 6.45. The zero-order valence-electron chi connectivity index (χ0n) is 8.92. The zero-order valence-corrected chi connectivity index (χ0v) is 8.92. The molecule has 0 aliphatic rings. The van der Waals surface area contributed by atoms with Crippen LogP contribution in [-0.2, 0) is 9.53 Å². The van der Waals surface area contributed by atoms with Gasteiger partial charge in [0.1, 0.15) is 6.29 Å². The molecule has 14 heavy (non-hydrogen) atoms. The van der Waals surface area contributed by atoms with Gasteiger partial charge < -0.3 is 10.1 Å². The summed E-state index contributed by atoms with van der Waals surface area (Å²) in [6, 6.07) is 0. The smallest absolute Gasteiger partial charge is 0.407 e. The summed E-state index contributed by atoms with van der Waals surface area (Å²) < 4.78 is 4.68. The Morgan fingerprint density at radius 2 is 2.07 bits per heavy atom. The second-order valence-corrected chi connectivity index (χ2v) is 2.85. The van der Waals surface area contributed by atoms with E-state index in [9.17, 15) is 9.59 Å². The molecule has 0 saturated heterocycles. The molecular weight excluding hydrogens is 182 g/mol. The lowest BCUT2D eigenvalue weighted by molar-refractivity contribution is -0.105. The number of ether oxygens (including phenoxy) is 1. The Labute approximate surface area is 84.3 Å². The molecule has 0 aromatic heterocycles. The maximum Gasteiger partial charge on any atom is 0.407 e. The molecule has 1 N–H and O–H groups in total. The summed E-state index contributed by atoms with van der Waals surface area (Å²) in [6.07, 6.45) is 1.05. The maximum atomic E-state index is 10.9. The molecule has 0 spiro atoms. The van der Waals surface area contributed by atoms with Gasteiger partial charge in [0.15, 0.2) is 0 Å². The second-order valence-electron chi connectivity index (χ2n) is 2.85. The van der Waals surface area contributed by atoms with Crippen LogP contribution >= 0.6 is 0 Å². The standard InChI is InChI=1S/C10H17NO3/c1-4-9(7-12)8(3)6-11-10(13)14-5-2/h7H,4-6H2,1-3H3,(H,11,13). The lowest BCUT2D eigenvalue weighted by Gasteiger charge is -2.07. The highest BCUT2D eigenvalue weighted by molar-refractivity contribution is 5.75. The fourth-order valence-electron chi connectivity index (χ4n) is 0.986. The Morgan fingerprint density at radius 1 is 1.43 bits per heavy atom. The van der Waals surface area contributed by atoms with E-state index in [0.29, 0.717) is 19.6 Å². The van der Waals surface area contributed by atoms with Gasteiger partial charge >= 0.3 is 6.09 Å². The minimum atomic E-state index is -0.451. The van der Waals surface area contributed by atoms with E-state index < -0.39 is 6.09 Å². The lowest BCUT2D eigenvalue weighted by atomic mass is 10.1. The van der Waals surface area contributed by atoms with Crippen LogP contribution in [0.5, 0.6) is 0 Å². The van der Waals surface area contributed by atoms with Crippen molar-refractivity contribution < 1.29 is 14.3 Å². The third-order valence-electron chi connectivity index (χ3n) is 1.84.